The van der Waals surface area contributed by atoms with Crippen LogP contribution in [0.15, 0.2) is 35.9 Å². The average molecular weight is 303 g/mol. The van der Waals surface area contributed by atoms with Gasteiger partial charge in [-0.2, -0.15) is 0 Å². The molecule has 0 amide bonds. The summed E-state index contributed by atoms with van der Waals surface area (Å²) in [4.78, 5) is 25.1. The second kappa shape index (κ2) is 4.54. The maximum Gasteiger partial charge on any atom is 0.187 e. The highest BCUT2D eigenvalue weighted by Crippen LogP contribution is 2.65. The monoisotopic (exact) mass is 302 g/mol. The zero-order valence-electron chi connectivity index (χ0n) is 12.6. The number of carbonyl (C=O) groups is 2. The minimum atomic E-state index is -0.329. The molecule has 0 radical (unpaired) electrons. The van der Waals surface area contributed by atoms with Crippen LogP contribution in [0.1, 0.15) is 44.0 Å². The average Bonchev–Trinajstić information content (AvgIpc) is 2.73. The summed E-state index contributed by atoms with van der Waals surface area (Å²) in [5.41, 5.74) is 0.755. The summed E-state index contributed by atoms with van der Waals surface area (Å²) in [5, 5.41) is 0.431. The van der Waals surface area contributed by atoms with Gasteiger partial charge in [0.1, 0.15) is 0 Å². The van der Waals surface area contributed by atoms with E-state index in [0.29, 0.717) is 16.2 Å². The molecule has 1 aromatic carbocycles. The number of carbonyl (C=O) groups excluding carboxylic acids is 2. The van der Waals surface area contributed by atoms with Crippen LogP contribution in [0, 0.1) is 16.7 Å². The van der Waals surface area contributed by atoms with E-state index in [1.54, 1.807) is 24.3 Å². The number of rotatable bonds is 2. The summed E-state index contributed by atoms with van der Waals surface area (Å²) < 4.78 is 0. The molecule has 1 aromatic rings. The summed E-state index contributed by atoms with van der Waals surface area (Å²) in [7, 11) is 0. The van der Waals surface area contributed by atoms with E-state index in [0.717, 1.165) is 12.8 Å². The van der Waals surface area contributed by atoms with Crippen LogP contribution in [0.5, 0.6) is 0 Å². The van der Waals surface area contributed by atoms with E-state index in [2.05, 4.69) is 13.8 Å². The van der Waals surface area contributed by atoms with Crippen LogP contribution in [-0.2, 0) is 4.79 Å². The Kier molecular flexibility index (Phi) is 3.14. The van der Waals surface area contributed by atoms with E-state index in [1.165, 1.54) is 6.08 Å². The lowest BCUT2D eigenvalue weighted by atomic mass is 9.70. The molecule has 3 rings (SSSR count). The standard InChI is InChI=1S/C18H19ClO2/c1-17(2)13-8-9-18(17,3)16(21)12(13)10-15(20)11-6-4-5-7-14(11)19/h4-7,10,13H,8-9H2,1-3H3/t13-,18+/m1/s1. The second-order valence-corrected chi connectivity index (χ2v) is 7.33. The highest BCUT2D eigenvalue weighted by atomic mass is 35.5. The van der Waals surface area contributed by atoms with Crippen molar-refractivity contribution in [2.24, 2.45) is 16.7 Å². The van der Waals surface area contributed by atoms with Gasteiger partial charge in [0.05, 0.1) is 5.02 Å². The normalized spacial score (nSPS) is 31.9. The van der Waals surface area contributed by atoms with Gasteiger partial charge in [-0.1, -0.05) is 44.5 Å². The second-order valence-electron chi connectivity index (χ2n) is 6.92. The summed E-state index contributed by atoms with van der Waals surface area (Å²) in [6.07, 6.45) is 3.43. The Bertz CT molecular complexity index is 672. The molecule has 0 aliphatic heterocycles. The SMILES string of the molecule is CC1(C)[C@@H]2CC[C@@]1(C)C(=O)C2=CC(=O)c1ccccc1Cl. The molecule has 2 fully saturated rings. The largest absolute Gasteiger partial charge is 0.294 e. The van der Waals surface area contributed by atoms with E-state index >= 15 is 0 Å². The maximum absolute atomic E-state index is 12.7. The van der Waals surface area contributed by atoms with Crippen LogP contribution < -0.4 is 0 Å². The lowest BCUT2D eigenvalue weighted by Gasteiger charge is -2.31. The molecule has 0 saturated heterocycles. The number of fused-ring (bicyclic) bond motifs is 2. The van der Waals surface area contributed by atoms with Crippen molar-refractivity contribution in [1.29, 1.82) is 0 Å². The van der Waals surface area contributed by atoms with Crippen molar-refractivity contribution >= 4 is 23.2 Å². The molecule has 0 unspecified atom stereocenters. The smallest absolute Gasteiger partial charge is 0.187 e. The van der Waals surface area contributed by atoms with Crippen LogP contribution >= 0.6 is 11.6 Å². The van der Waals surface area contributed by atoms with Crippen LogP contribution in [0.3, 0.4) is 0 Å². The molecule has 2 aliphatic rings. The molecule has 0 N–H and O–H groups in total. The van der Waals surface area contributed by atoms with Crippen molar-refractivity contribution in [3.63, 3.8) is 0 Å². The van der Waals surface area contributed by atoms with Crippen molar-refractivity contribution in [3.05, 3.63) is 46.5 Å². The predicted octanol–water partition coefficient (Wildman–Crippen LogP) is 4.47. The van der Waals surface area contributed by atoms with Crippen molar-refractivity contribution in [2.75, 3.05) is 0 Å². The maximum atomic E-state index is 12.7. The summed E-state index contributed by atoms with van der Waals surface area (Å²) >= 11 is 6.07. The van der Waals surface area contributed by atoms with Gasteiger partial charge in [-0.15, -0.1) is 0 Å². The third kappa shape index (κ3) is 1.85. The van der Waals surface area contributed by atoms with Gasteiger partial charge in [0.15, 0.2) is 11.6 Å². The van der Waals surface area contributed by atoms with E-state index in [4.69, 9.17) is 11.6 Å². The number of halogens is 1. The van der Waals surface area contributed by atoms with Gasteiger partial charge in [-0.3, -0.25) is 9.59 Å². The zero-order chi connectivity index (χ0) is 15.4. The molecule has 0 spiro atoms. The summed E-state index contributed by atoms with van der Waals surface area (Å²) in [6.45, 7) is 6.32. The number of allylic oxidation sites excluding steroid dienone is 2. The topological polar surface area (TPSA) is 34.1 Å². The Hall–Kier alpha value is -1.41. The number of benzene rings is 1. The van der Waals surface area contributed by atoms with Crippen LogP contribution in [0.25, 0.3) is 0 Å². The van der Waals surface area contributed by atoms with Crippen molar-refractivity contribution in [2.45, 2.75) is 33.6 Å². The Morgan fingerprint density at radius 1 is 1.29 bits per heavy atom. The lowest BCUT2D eigenvalue weighted by molar-refractivity contribution is -0.125. The van der Waals surface area contributed by atoms with Gasteiger partial charge in [0.25, 0.3) is 0 Å². The van der Waals surface area contributed by atoms with Crippen molar-refractivity contribution < 1.29 is 9.59 Å². The molecule has 2 atom stereocenters. The van der Waals surface area contributed by atoms with Gasteiger partial charge in [0, 0.05) is 16.6 Å². The van der Waals surface area contributed by atoms with Gasteiger partial charge in [-0.25, -0.2) is 0 Å². The zero-order valence-corrected chi connectivity index (χ0v) is 13.3. The first-order valence-corrected chi connectivity index (χ1v) is 7.72. The van der Waals surface area contributed by atoms with Gasteiger partial charge >= 0.3 is 0 Å². The minimum Gasteiger partial charge on any atom is -0.294 e. The molecule has 110 valence electrons. The molecular weight excluding hydrogens is 284 g/mol. The van der Waals surface area contributed by atoms with E-state index < -0.39 is 0 Å². The third-order valence-electron chi connectivity index (χ3n) is 5.79. The fourth-order valence-corrected chi connectivity index (χ4v) is 4.20. The molecule has 0 aromatic heterocycles. The molecule has 2 bridgehead atoms. The third-order valence-corrected chi connectivity index (χ3v) is 6.12. The fourth-order valence-electron chi connectivity index (χ4n) is 3.97. The van der Waals surface area contributed by atoms with E-state index in [-0.39, 0.29) is 28.3 Å². The molecule has 3 heteroatoms. The quantitative estimate of drug-likeness (QED) is 0.596. The van der Waals surface area contributed by atoms with E-state index in [1.807, 2.05) is 6.92 Å². The molecule has 0 heterocycles. The first-order chi connectivity index (χ1) is 9.79. The molecule has 2 nitrogen and oxygen atoms in total. The molecule has 2 aliphatic carbocycles. The number of ketones is 2. The minimum absolute atomic E-state index is 0.0727. The van der Waals surface area contributed by atoms with E-state index in [9.17, 15) is 9.59 Å². The Labute approximate surface area is 130 Å². The predicted molar refractivity (Wildman–Crippen MR) is 83.5 cm³/mol. The van der Waals surface area contributed by atoms with Gasteiger partial charge in [0.2, 0.25) is 0 Å². The highest BCUT2D eigenvalue weighted by molar-refractivity contribution is 6.34. The van der Waals surface area contributed by atoms with Crippen LogP contribution in [0.4, 0.5) is 0 Å². The Morgan fingerprint density at radius 3 is 2.52 bits per heavy atom. The fraction of sp³-hybridized carbons (Fsp3) is 0.444. The summed E-state index contributed by atoms with van der Waals surface area (Å²) in [6, 6.07) is 6.97. The van der Waals surface area contributed by atoms with Crippen LogP contribution in [0.2, 0.25) is 5.02 Å². The first-order valence-electron chi connectivity index (χ1n) is 7.34. The van der Waals surface area contributed by atoms with Crippen molar-refractivity contribution in [3.8, 4) is 0 Å². The molecule has 2 saturated carbocycles. The number of Topliss-reactive ketones (excluding diaryl/α,β-unsaturated/α-hetero) is 1. The highest BCUT2D eigenvalue weighted by Gasteiger charge is 2.63. The number of hydrogen-bond donors (Lipinski definition) is 0. The molecule has 21 heavy (non-hydrogen) atoms. The lowest BCUT2D eigenvalue weighted by Crippen LogP contribution is -2.32. The van der Waals surface area contributed by atoms with Crippen LogP contribution in [-0.4, -0.2) is 11.6 Å². The Balaban J connectivity index is 2.01. The van der Waals surface area contributed by atoms with Gasteiger partial charge in [-0.05, 0) is 42.4 Å². The Morgan fingerprint density at radius 2 is 1.95 bits per heavy atom. The van der Waals surface area contributed by atoms with Crippen molar-refractivity contribution in [1.82, 2.24) is 0 Å². The number of hydrogen-bond acceptors (Lipinski definition) is 2. The van der Waals surface area contributed by atoms with Gasteiger partial charge < -0.3 is 0 Å². The first kappa shape index (κ1) is 14.5. The molecular formula is C18H19ClO2. The summed E-state index contributed by atoms with van der Waals surface area (Å²) in [5.74, 6) is 0.154.